The lowest BCUT2D eigenvalue weighted by molar-refractivity contribution is 0.947. The van der Waals surface area contributed by atoms with Gasteiger partial charge in [0.1, 0.15) is 0 Å². The van der Waals surface area contributed by atoms with Crippen LogP contribution in [0.2, 0.25) is 0 Å². The molecule has 0 N–H and O–H groups in total. The highest BCUT2D eigenvalue weighted by Gasteiger charge is 2.21. The third kappa shape index (κ3) is 5.02. The quantitative estimate of drug-likeness (QED) is 0.178. The van der Waals surface area contributed by atoms with Gasteiger partial charge < -0.3 is 4.57 Å². The highest BCUT2D eigenvalue weighted by molar-refractivity contribution is 7.26. The van der Waals surface area contributed by atoms with Crippen molar-refractivity contribution in [2.45, 2.75) is 12.8 Å². The number of thiophene rings is 1. The number of allylic oxidation sites excluding steroid dienone is 1. The Morgan fingerprint density at radius 3 is 2.02 bits per heavy atom. The third-order valence-electron chi connectivity index (χ3n) is 10.9. The minimum absolute atomic E-state index is 0.751. The van der Waals surface area contributed by atoms with Crippen molar-refractivity contribution in [1.82, 2.24) is 14.5 Å². The Bertz CT molecular complexity index is 3080. The molecule has 3 nitrogen and oxygen atoms in total. The Morgan fingerprint density at radius 2 is 1.20 bits per heavy atom. The fraction of sp³-hybridized carbons (Fsp3) is 0.0400. The molecule has 54 heavy (non-hydrogen) atoms. The number of hydrogen-bond acceptors (Lipinski definition) is 3. The number of fused-ring (bicyclic) bond motifs is 7. The summed E-state index contributed by atoms with van der Waals surface area (Å²) in [5.41, 5.74) is 15.5. The predicted molar refractivity (Wildman–Crippen MR) is 229 cm³/mol. The van der Waals surface area contributed by atoms with Crippen LogP contribution in [0.4, 0.5) is 0 Å². The number of benzene rings is 7. The molecule has 0 radical (unpaired) electrons. The summed E-state index contributed by atoms with van der Waals surface area (Å²) in [5, 5.41) is 3.78. The van der Waals surface area contributed by atoms with Crippen LogP contribution in [-0.2, 0) is 6.42 Å². The molecule has 0 fully saturated rings. The zero-order chi connectivity index (χ0) is 35.6. The molecule has 1 aliphatic rings. The van der Waals surface area contributed by atoms with Gasteiger partial charge in [-0.2, -0.15) is 0 Å². The minimum atomic E-state index is 0.751. The molecule has 3 heterocycles. The first-order valence-electron chi connectivity index (χ1n) is 18.5. The number of hydrogen-bond donors (Lipinski definition) is 0. The summed E-state index contributed by atoms with van der Waals surface area (Å²) in [6, 6.07) is 61.0. The average Bonchev–Trinajstić information content (AvgIpc) is 3.79. The number of aryl methyl sites for hydroxylation is 1. The Morgan fingerprint density at radius 1 is 0.500 bits per heavy atom. The minimum Gasteiger partial charge on any atom is -0.313 e. The number of rotatable bonds is 5. The molecule has 0 atom stereocenters. The third-order valence-corrected chi connectivity index (χ3v) is 12.1. The molecular formula is C50H33N3S. The van der Waals surface area contributed by atoms with Gasteiger partial charge in [0, 0.05) is 37.7 Å². The Balaban J connectivity index is 1.04. The summed E-state index contributed by atoms with van der Waals surface area (Å²) in [7, 11) is 0. The van der Waals surface area contributed by atoms with Gasteiger partial charge in [-0.1, -0.05) is 146 Å². The highest BCUT2D eigenvalue weighted by atomic mass is 32.1. The summed E-state index contributed by atoms with van der Waals surface area (Å²) in [4.78, 5) is 10.5. The van der Waals surface area contributed by atoms with Gasteiger partial charge in [0.2, 0.25) is 0 Å². The fourth-order valence-electron chi connectivity index (χ4n) is 8.35. The van der Waals surface area contributed by atoms with E-state index in [-0.39, 0.29) is 0 Å². The second-order valence-electron chi connectivity index (χ2n) is 14.1. The van der Waals surface area contributed by atoms with E-state index in [0.29, 0.717) is 0 Å². The van der Waals surface area contributed by atoms with Gasteiger partial charge in [0.05, 0.1) is 26.9 Å². The maximum Gasteiger partial charge on any atom is 0.160 e. The molecule has 11 rings (SSSR count). The van der Waals surface area contributed by atoms with Crippen molar-refractivity contribution >= 4 is 65.2 Å². The lowest BCUT2D eigenvalue weighted by atomic mass is 9.90. The zero-order valence-electron chi connectivity index (χ0n) is 29.4. The first-order chi connectivity index (χ1) is 26.8. The van der Waals surface area contributed by atoms with Crippen molar-refractivity contribution < 1.29 is 0 Å². The molecule has 0 bridgehead atoms. The van der Waals surface area contributed by atoms with Crippen LogP contribution in [0.1, 0.15) is 17.5 Å². The summed E-state index contributed by atoms with van der Waals surface area (Å²) in [6.07, 6.45) is 4.35. The smallest absolute Gasteiger partial charge is 0.160 e. The molecule has 0 spiro atoms. The van der Waals surface area contributed by atoms with Gasteiger partial charge in [-0.3, -0.25) is 0 Å². The van der Waals surface area contributed by atoms with E-state index in [1.54, 1.807) is 11.3 Å². The van der Waals surface area contributed by atoms with Gasteiger partial charge in [-0.05, 0) is 76.6 Å². The van der Waals surface area contributed by atoms with Gasteiger partial charge in [0.25, 0.3) is 0 Å². The summed E-state index contributed by atoms with van der Waals surface area (Å²) in [5.74, 6) is 0.751. The van der Waals surface area contributed by atoms with Crippen molar-refractivity contribution in [2.24, 2.45) is 0 Å². The van der Waals surface area contributed by atoms with Crippen LogP contribution in [0, 0.1) is 0 Å². The lowest BCUT2D eigenvalue weighted by Crippen LogP contribution is -2.05. The van der Waals surface area contributed by atoms with Crippen LogP contribution >= 0.6 is 11.3 Å². The van der Waals surface area contributed by atoms with E-state index in [1.807, 2.05) is 6.07 Å². The SMILES string of the molecule is C1=C(n2c3ccccc3c3cc(-c4ccccc4)ccc32)CCc2cc(-c3cccc4sc5c(-c6ccccc6)nc(-c6ccccc6)nc5c34)ccc21. The van der Waals surface area contributed by atoms with E-state index >= 15 is 0 Å². The average molecular weight is 708 g/mol. The summed E-state index contributed by atoms with van der Waals surface area (Å²) >= 11 is 1.79. The Labute approximate surface area is 317 Å². The maximum absolute atomic E-state index is 5.29. The standard InChI is InChI=1S/C50H33N3S/c1-4-13-32(14-5-1)37-26-28-44-42(31-37)41-19-10-11-21-43(41)53(44)39-27-25-35-29-38(24-23-36(35)30-39)40-20-12-22-45-46(40)48-49(54-45)47(33-15-6-2-7-16-33)51-50(52-48)34-17-8-3-9-18-34/h1-24,26,28-31H,25,27H2. The van der Waals surface area contributed by atoms with Crippen LogP contribution in [0.15, 0.2) is 170 Å². The van der Waals surface area contributed by atoms with Crippen LogP contribution in [0.25, 0.3) is 98.8 Å². The van der Waals surface area contributed by atoms with E-state index in [1.165, 1.54) is 71.0 Å². The molecule has 4 heteroatoms. The largest absolute Gasteiger partial charge is 0.313 e. The predicted octanol–water partition coefficient (Wildman–Crippen LogP) is 13.6. The topological polar surface area (TPSA) is 30.7 Å². The molecule has 0 amide bonds. The van der Waals surface area contributed by atoms with E-state index in [4.69, 9.17) is 9.97 Å². The zero-order valence-corrected chi connectivity index (χ0v) is 30.2. The van der Waals surface area contributed by atoms with E-state index in [2.05, 4.69) is 174 Å². The van der Waals surface area contributed by atoms with E-state index in [0.717, 1.165) is 45.7 Å². The highest BCUT2D eigenvalue weighted by Crippen LogP contribution is 2.44. The monoisotopic (exact) mass is 707 g/mol. The van der Waals surface area contributed by atoms with E-state index < -0.39 is 0 Å². The molecule has 7 aromatic carbocycles. The number of nitrogens with zero attached hydrogens (tertiary/aromatic N) is 3. The van der Waals surface area contributed by atoms with Gasteiger partial charge in [0.15, 0.2) is 5.82 Å². The number of aromatic nitrogens is 3. The summed E-state index contributed by atoms with van der Waals surface area (Å²) < 4.78 is 4.83. The molecule has 0 aliphatic heterocycles. The fourth-order valence-corrected chi connectivity index (χ4v) is 9.53. The molecule has 0 unspecified atom stereocenters. The maximum atomic E-state index is 5.29. The first kappa shape index (κ1) is 31.0. The lowest BCUT2D eigenvalue weighted by Gasteiger charge is -2.20. The van der Waals surface area contributed by atoms with Crippen molar-refractivity contribution in [3.05, 3.63) is 181 Å². The Hall–Kier alpha value is -6.62. The normalized spacial score (nSPS) is 12.8. The van der Waals surface area contributed by atoms with Crippen molar-refractivity contribution in [3.8, 4) is 44.9 Å². The van der Waals surface area contributed by atoms with Gasteiger partial charge in [-0.25, -0.2) is 9.97 Å². The van der Waals surface area contributed by atoms with E-state index in [9.17, 15) is 0 Å². The van der Waals surface area contributed by atoms with Crippen LogP contribution < -0.4 is 0 Å². The van der Waals surface area contributed by atoms with Crippen molar-refractivity contribution in [1.29, 1.82) is 0 Å². The second-order valence-corrected chi connectivity index (χ2v) is 15.1. The molecule has 1 aliphatic carbocycles. The van der Waals surface area contributed by atoms with Crippen LogP contribution in [0.5, 0.6) is 0 Å². The van der Waals surface area contributed by atoms with Gasteiger partial charge in [-0.15, -0.1) is 11.3 Å². The molecular weight excluding hydrogens is 675 g/mol. The van der Waals surface area contributed by atoms with Crippen LogP contribution in [-0.4, -0.2) is 14.5 Å². The molecule has 0 saturated carbocycles. The first-order valence-corrected chi connectivity index (χ1v) is 19.4. The summed E-state index contributed by atoms with van der Waals surface area (Å²) in [6.45, 7) is 0. The molecule has 254 valence electrons. The number of para-hydroxylation sites is 1. The Kier molecular flexibility index (Phi) is 7.17. The van der Waals surface area contributed by atoms with Crippen molar-refractivity contribution in [3.63, 3.8) is 0 Å². The van der Waals surface area contributed by atoms with Crippen LogP contribution in [0.3, 0.4) is 0 Å². The molecule has 3 aromatic heterocycles. The molecule has 10 aromatic rings. The molecule has 0 saturated heterocycles. The van der Waals surface area contributed by atoms with Gasteiger partial charge >= 0.3 is 0 Å². The second kappa shape index (κ2) is 12.5. The van der Waals surface area contributed by atoms with Crippen molar-refractivity contribution in [2.75, 3.05) is 0 Å².